The van der Waals surface area contributed by atoms with Gasteiger partial charge in [0, 0.05) is 20.0 Å². The fourth-order valence-electron chi connectivity index (χ4n) is 3.38. The Labute approximate surface area is 110 Å². The Kier molecular flexibility index (Phi) is 4.46. The highest BCUT2D eigenvalue weighted by Gasteiger charge is 2.52. The molecule has 2 heterocycles. The van der Waals surface area contributed by atoms with Crippen molar-refractivity contribution in [2.24, 2.45) is 0 Å². The number of hydrogen-bond donors (Lipinski definition) is 0. The first-order valence-corrected chi connectivity index (χ1v) is 7.09. The maximum atomic E-state index is 6.50. The normalized spacial score (nSPS) is 39.6. The molecule has 0 aromatic rings. The fourth-order valence-corrected chi connectivity index (χ4v) is 3.38. The number of ether oxygens (including phenoxy) is 3. The molecule has 0 radical (unpaired) electrons. The van der Waals surface area contributed by atoms with E-state index in [0.717, 1.165) is 25.7 Å². The molecule has 0 amide bonds. The molecule has 2 aliphatic heterocycles. The predicted octanol–water partition coefficient (Wildman–Crippen LogP) is 3.09. The lowest BCUT2D eigenvalue weighted by Gasteiger charge is -2.54. The van der Waals surface area contributed by atoms with Gasteiger partial charge in [0.1, 0.15) is 0 Å². The van der Waals surface area contributed by atoms with E-state index < -0.39 is 0 Å². The van der Waals surface area contributed by atoms with E-state index >= 15 is 0 Å². The van der Waals surface area contributed by atoms with Crippen molar-refractivity contribution in [3.05, 3.63) is 12.7 Å². The van der Waals surface area contributed by atoms with Gasteiger partial charge in [-0.05, 0) is 12.8 Å². The molecule has 3 atom stereocenters. The van der Waals surface area contributed by atoms with E-state index in [2.05, 4.69) is 13.5 Å². The van der Waals surface area contributed by atoms with Gasteiger partial charge in [0.15, 0.2) is 0 Å². The molecule has 0 aromatic carbocycles. The second-order valence-corrected chi connectivity index (χ2v) is 5.82. The minimum absolute atomic E-state index is 0.129. The minimum Gasteiger partial charge on any atom is -0.381 e. The lowest BCUT2D eigenvalue weighted by atomic mass is 9.78. The van der Waals surface area contributed by atoms with Gasteiger partial charge in [-0.3, -0.25) is 0 Å². The zero-order chi connectivity index (χ0) is 13.1. The van der Waals surface area contributed by atoms with Gasteiger partial charge < -0.3 is 14.2 Å². The molecule has 0 aromatic heterocycles. The van der Waals surface area contributed by atoms with Crippen LogP contribution >= 0.6 is 0 Å². The molecule has 104 valence electrons. The van der Waals surface area contributed by atoms with Gasteiger partial charge in [-0.25, -0.2) is 0 Å². The van der Waals surface area contributed by atoms with E-state index in [-0.39, 0.29) is 11.2 Å². The molecule has 0 saturated carbocycles. The SMILES string of the molecule is C=CC[C@@]12COC[C@@](CCCC)(C[C@H](OC)C1)O2. The maximum Gasteiger partial charge on any atom is 0.0982 e. The van der Waals surface area contributed by atoms with Crippen LogP contribution in [0.2, 0.25) is 0 Å². The number of unbranched alkanes of at least 4 members (excludes halogenated alkanes) is 1. The average Bonchev–Trinajstić information content (AvgIpc) is 2.36. The maximum absolute atomic E-state index is 6.50. The van der Waals surface area contributed by atoms with Gasteiger partial charge in [-0.2, -0.15) is 0 Å². The second kappa shape index (κ2) is 5.72. The molecule has 0 unspecified atom stereocenters. The van der Waals surface area contributed by atoms with Gasteiger partial charge in [-0.15, -0.1) is 6.58 Å². The van der Waals surface area contributed by atoms with Gasteiger partial charge in [0.05, 0.1) is 30.5 Å². The highest BCUT2D eigenvalue weighted by atomic mass is 16.6. The molecule has 2 fully saturated rings. The van der Waals surface area contributed by atoms with Crippen LogP contribution in [0.5, 0.6) is 0 Å². The molecule has 2 rings (SSSR count). The van der Waals surface area contributed by atoms with Crippen molar-refractivity contribution in [2.45, 2.75) is 62.8 Å². The standard InChI is InChI=1S/C15H26O3/c1-4-6-8-15-10-13(16-3)9-14(18-15,7-5-2)11-17-12-15/h5,13H,2,4,6-12H2,1,3H3/t13-,14+,15-/m1/s1. The quantitative estimate of drug-likeness (QED) is 0.682. The van der Waals surface area contributed by atoms with E-state index in [9.17, 15) is 0 Å². The second-order valence-electron chi connectivity index (χ2n) is 5.82. The Bertz CT molecular complexity index is 291. The van der Waals surface area contributed by atoms with E-state index in [4.69, 9.17) is 14.2 Å². The lowest BCUT2D eigenvalue weighted by Crippen LogP contribution is -2.61. The number of methoxy groups -OCH3 is 1. The summed E-state index contributed by atoms with van der Waals surface area (Å²) in [5, 5.41) is 0. The van der Waals surface area contributed by atoms with Gasteiger partial charge in [-0.1, -0.05) is 25.8 Å². The van der Waals surface area contributed by atoms with E-state index in [0.29, 0.717) is 19.3 Å². The summed E-state index contributed by atoms with van der Waals surface area (Å²) in [5.74, 6) is 0. The summed E-state index contributed by atoms with van der Waals surface area (Å²) in [6.45, 7) is 7.46. The minimum atomic E-state index is -0.202. The summed E-state index contributed by atoms with van der Waals surface area (Å²) >= 11 is 0. The first-order valence-electron chi connectivity index (χ1n) is 7.09. The van der Waals surface area contributed by atoms with Crippen LogP contribution in [0.25, 0.3) is 0 Å². The third kappa shape index (κ3) is 2.79. The van der Waals surface area contributed by atoms with Crippen LogP contribution in [0.15, 0.2) is 12.7 Å². The zero-order valence-electron chi connectivity index (χ0n) is 11.7. The number of hydrogen-bond acceptors (Lipinski definition) is 3. The number of fused-ring (bicyclic) bond motifs is 2. The number of rotatable bonds is 6. The summed E-state index contributed by atoms with van der Waals surface area (Å²) in [7, 11) is 1.81. The third-order valence-corrected chi connectivity index (χ3v) is 4.20. The van der Waals surface area contributed by atoms with Crippen molar-refractivity contribution in [3.8, 4) is 0 Å². The summed E-state index contributed by atoms with van der Waals surface area (Å²) in [6.07, 6.45) is 8.41. The van der Waals surface area contributed by atoms with Crippen LogP contribution in [0.4, 0.5) is 0 Å². The van der Waals surface area contributed by atoms with Crippen LogP contribution < -0.4 is 0 Å². The van der Waals surface area contributed by atoms with Crippen LogP contribution in [-0.4, -0.2) is 37.6 Å². The largest absolute Gasteiger partial charge is 0.381 e. The van der Waals surface area contributed by atoms with E-state index in [1.54, 1.807) is 0 Å². The van der Waals surface area contributed by atoms with Gasteiger partial charge >= 0.3 is 0 Å². The Balaban J connectivity index is 2.15. The highest BCUT2D eigenvalue weighted by Crippen LogP contribution is 2.45. The summed E-state index contributed by atoms with van der Waals surface area (Å²) < 4.78 is 18.0. The smallest absolute Gasteiger partial charge is 0.0982 e. The van der Waals surface area contributed by atoms with Crippen LogP contribution in [0.3, 0.4) is 0 Å². The molecular formula is C15H26O3. The molecule has 18 heavy (non-hydrogen) atoms. The van der Waals surface area contributed by atoms with Crippen molar-refractivity contribution >= 4 is 0 Å². The van der Waals surface area contributed by atoms with Crippen molar-refractivity contribution in [1.29, 1.82) is 0 Å². The molecule has 2 bridgehead atoms. The van der Waals surface area contributed by atoms with Crippen LogP contribution in [0, 0.1) is 0 Å². The highest BCUT2D eigenvalue weighted by molar-refractivity contribution is 5.03. The summed E-state index contributed by atoms with van der Waals surface area (Å²) in [4.78, 5) is 0. The van der Waals surface area contributed by atoms with Crippen LogP contribution in [-0.2, 0) is 14.2 Å². The third-order valence-electron chi connectivity index (χ3n) is 4.20. The van der Waals surface area contributed by atoms with Crippen molar-refractivity contribution in [3.63, 3.8) is 0 Å². The van der Waals surface area contributed by atoms with Crippen molar-refractivity contribution < 1.29 is 14.2 Å². The van der Waals surface area contributed by atoms with E-state index in [1.165, 1.54) is 12.8 Å². The molecule has 0 aliphatic carbocycles. The molecular weight excluding hydrogens is 228 g/mol. The molecule has 2 aliphatic rings. The van der Waals surface area contributed by atoms with Crippen molar-refractivity contribution in [1.82, 2.24) is 0 Å². The topological polar surface area (TPSA) is 27.7 Å². The fraction of sp³-hybridized carbons (Fsp3) is 0.867. The molecule has 0 spiro atoms. The molecule has 0 N–H and O–H groups in total. The molecule has 2 saturated heterocycles. The first-order chi connectivity index (χ1) is 8.67. The Hall–Kier alpha value is -0.380. The Morgan fingerprint density at radius 2 is 2.06 bits per heavy atom. The predicted molar refractivity (Wildman–Crippen MR) is 71.7 cm³/mol. The van der Waals surface area contributed by atoms with Crippen LogP contribution in [0.1, 0.15) is 45.4 Å². The summed E-state index contributed by atoms with van der Waals surface area (Å²) in [5.41, 5.74) is -0.330. The van der Waals surface area contributed by atoms with Gasteiger partial charge in [0.2, 0.25) is 0 Å². The molecule has 3 heteroatoms. The van der Waals surface area contributed by atoms with Crippen molar-refractivity contribution in [2.75, 3.05) is 20.3 Å². The summed E-state index contributed by atoms with van der Waals surface area (Å²) in [6, 6.07) is 0. The zero-order valence-corrected chi connectivity index (χ0v) is 11.7. The monoisotopic (exact) mass is 254 g/mol. The van der Waals surface area contributed by atoms with Gasteiger partial charge in [0.25, 0.3) is 0 Å². The molecule has 3 nitrogen and oxygen atoms in total. The Morgan fingerprint density at radius 3 is 2.72 bits per heavy atom. The lowest BCUT2D eigenvalue weighted by molar-refractivity contribution is -0.294. The Morgan fingerprint density at radius 1 is 1.33 bits per heavy atom. The first kappa shape index (κ1) is 14.0. The average molecular weight is 254 g/mol. The van der Waals surface area contributed by atoms with E-state index in [1.807, 2.05) is 13.2 Å².